The Morgan fingerprint density at radius 2 is 1.24 bits per heavy atom. The molecule has 25 heavy (non-hydrogen) atoms. The van der Waals surface area contributed by atoms with Crippen molar-refractivity contribution in [2.24, 2.45) is 0 Å². The zero-order valence-corrected chi connectivity index (χ0v) is 15.6. The van der Waals surface area contributed by atoms with Gasteiger partial charge in [-0.25, -0.2) is 0 Å². The van der Waals surface area contributed by atoms with Crippen molar-refractivity contribution in [3.05, 3.63) is 84.9 Å². The van der Waals surface area contributed by atoms with E-state index in [1.54, 1.807) is 0 Å². The van der Waals surface area contributed by atoms with Gasteiger partial charge < -0.3 is 4.98 Å². The summed E-state index contributed by atoms with van der Waals surface area (Å²) in [6, 6.07) is 30.0. The number of aromatic nitrogens is 2. The smallest absolute Gasteiger partial charge is 0.0566 e. The molecule has 5 rings (SSSR count). The number of fused-ring (bicyclic) bond motifs is 4. The van der Waals surface area contributed by atoms with E-state index in [1.165, 1.54) is 5.39 Å². The monoisotopic (exact) mass is 498 g/mol. The summed E-state index contributed by atoms with van der Waals surface area (Å²) >= 11 is 0. The third-order valence-corrected chi connectivity index (χ3v) is 4.37. The van der Waals surface area contributed by atoms with Crippen molar-refractivity contribution in [2.75, 3.05) is 0 Å². The van der Waals surface area contributed by atoms with Crippen molar-refractivity contribution in [3.63, 3.8) is 0 Å². The fraction of sp³-hybridized carbons (Fsp3) is 0. The molecule has 0 bridgehead atoms. The number of benzene rings is 3. The van der Waals surface area contributed by atoms with E-state index in [0.29, 0.717) is 0 Å². The van der Waals surface area contributed by atoms with Crippen LogP contribution < -0.4 is 0 Å². The van der Waals surface area contributed by atoms with Crippen molar-refractivity contribution in [3.8, 4) is 11.4 Å². The molecule has 0 saturated heterocycles. The molecule has 2 nitrogen and oxygen atoms in total. The van der Waals surface area contributed by atoms with Gasteiger partial charge in [0.25, 0.3) is 0 Å². The first-order chi connectivity index (χ1) is 11.9. The van der Waals surface area contributed by atoms with Crippen molar-refractivity contribution in [2.45, 2.75) is 0 Å². The summed E-state index contributed by atoms with van der Waals surface area (Å²) in [5, 5.41) is 4.56. The van der Waals surface area contributed by atoms with Crippen LogP contribution >= 0.6 is 0 Å². The van der Waals surface area contributed by atoms with E-state index < -0.39 is 0 Å². The van der Waals surface area contributed by atoms with E-state index in [2.05, 4.69) is 42.5 Å². The minimum Gasteiger partial charge on any atom is -0.309 e. The maximum atomic E-state index is 4.89. The molecule has 0 aliphatic rings. The van der Waals surface area contributed by atoms with Gasteiger partial charge in [0.1, 0.15) is 0 Å². The van der Waals surface area contributed by atoms with Crippen molar-refractivity contribution in [1.82, 2.24) is 9.97 Å². The van der Waals surface area contributed by atoms with Crippen LogP contribution in [-0.2, 0) is 20.1 Å². The Hall–Kier alpha value is -2.61. The molecule has 1 radical (unpaired) electrons. The van der Waals surface area contributed by atoms with Crippen LogP contribution in [0.4, 0.5) is 0 Å². The molecule has 0 saturated carbocycles. The van der Waals surface area contributed by atoms with Crippen molar-refractivity contribution < 1.29 is 20.1 Å². The Bertz CT molecular complexity index is 1210. The Labute approximate surface area is 158 Å². The zero-order chi connectivity index (χ0) is 15.9. The zero-order valence-electron chi connectivity index (χ0n) is 13.2. The Morgan fingerprint density at radius 1 is 0.600 bits per heavy atom. The molecule has 3 heteroatoms. The summed E-state index contributed by atoms with van der Waals surface area (Å²) in [5.74, 6) is 0. The summed E-state index contributed by atoms with van der Waals surface area (Å²) in [6.07, 6.45) is 0. The van der Waals surface area contributed by atoms with E-state index in [9.17, 15) is 0 Å². The maximum Gasteiger partial charge on any atom is 0.0566 e. The van der Waals surface area contributed by atoms with Crippen LogP contribution in [0, 0.1) is 6.07 Å². The predicted octanol–water partition coefficient (Wildman–Crippen LogP) is 5.40. The maximum absolute atomic E-state index is 4.89. The average molecular weight is 498 g/mol. The predicted molar refractivity (Wildman–Crippen MR) is 98.8 cm³/mol. The topological polar surface area (TPSA) is 25.8 Å². The number of hydrogen-bond donors (Lipinski definition) is 0. The van der Waals surface area contributed by atoms with Gasteiger partial charge >= 0.3 is 0 Å². The first-order valence-corrected chi connectivity index (χ1v) is 7.95. The summed E-state index contributed by atoms with van der Waals surface area (Å²) < 4.78 is 0. The molecular formula is C22H13IrN2-. The van der Waals surface area contributed by atoms with Crippen LogP contribution in [0.15, 0.2) is 78.9 Å². The van der Waals surface area contributed by atoms with Gasteiger partial charge in [-0.3, -0.25) is 4.98 Å². The molecule has 2 heterocycles. The van der Waals surface area contributed by atoms with Gasteiger partial charge in [-0.15, -0.1) is 6.07 Å². The van der Waals surface area contributed by atoms with Crippen LogP contribution in [0.25, 0.3) is 44.0 Å². The van der Waals surface area contributed by atoms with Gasteiger partial charge in [0.2, 0.25) is 0 Å². The molecule has 5 aromatic rings. The van der Waals surface area contributed by atoms with Gasteiger partial charge in [-0.1, -0.05) is 60.0 Å². The normalized spacial score (nSPS) is 10.9. The summed E-state index contributed by atoms with van der Waals surface area (Å²) in [4.78, 5) is 9.67. The SMILES string of the molecule is [Ir].[c-]1cc2ccccc2nc1-c1nc2ccccc2c2ccccc12. The van der Waals surface area contributed by atoms with Crippen molar-refractivity contribution >= 4 is 32.6 Å². The van der Waals surface area contributed by atoms with Crippen LogP contribution in [-0.4, -0.2) is 9.97 Å². The fourth-order valence-electron chi connectivity index (χ4n) is 3.22. The Balaban J connectivity index is 0.00000157. The molecule has 0 aliphatic carbocycles. The molecule has 0 N–H and O–H groups in total. The molecule has 0 atom stereocenters. The van der Waals surface area contributed by atoms with E-state index in [1.807, 2.05) is 42.5 Å². The summed E-state index contributed by atoms with van der Waals surface area (Å²) in [6.45, 7) is 0. The first kappa shape index (κ1) is 15.9. The number of pyridine rings is 2. The first-order valence-electron chi connectivity index (χ1n) is 7.95. The van der Waals surface area contributed by atoms with E-state index in [-0.39, 0.29) is 20.1 Å². The molecule has 0 amide bonds. The van der Waals surface area contributed by atoms with E-state index in [4.69, 9.17) is 9.97 Å². The van der Waals surface area contributed by atoms with Gasteiger partial charge in [0.05, 0.1) is 5.52 Å². The summed E-state index contributed by atoms with van der Waals surface area (Å²) in [5.41, 5.74) is 3.62. The second-order valence-corrected chi connectivity index (χ2v) is 5.83. The molecular weight excluding hydrogens is 484 g/mol. The molecule has 121 valence electrons. The van der Waals surface area contributed by atoms with E-state index >= 15 is 0 Å². The van der Waals surface area contributed by atoms with E-state index in [0.717, 1.165) is 38.6 Å². The second-order valence-electron chi connectivity index (χ2n) is 5.83. The number of nitrogens with zero attached hydrogens (tertiary/aromatic N) is 2. The number of rotatable bonds is 1. The van der Waals surface area contributed by atoms with Crippen LogP contribution in [0.5, 0.6) is 0 Å². The van der Waals surface area contributed by atoms with Crippen LogP contribution in [0.3, 0.4) is 0 Å². The Kier molecular flexibility index (Phi) is 4.04. The van der Waals surface area contributed by atoms with Gasteiger partial charge in [0, 0.05) is 31.0 Å². The molecule has 0 aliphatic heterocycles. The third-order valence-electron chi connectivity index (χ3n) is 4.37. The number of para-hydroxylation sites is 2. The standard InChI is InChI=1S/C22H13N2.Ir/c1-5-11-19-15(7-1)13-14-21(23-19)22-18-10-3-2-8-16(18)17-9-4-6-12-20(17)24-22;/h1-13H;/q-1;. The Morgan fingerprint density at radius 3 is 2.08 bits per heavy atom. The molecule has 0 spiro atoms. The van der Waals surface area contributed by atoms with Crippen LogP contribution in [0.1, 0.15) is 0 Å². The minimum atomic E-state index is 0. The number of hydrogen-bond acceptors (Lipinski definition) is 2. The minimum absolute atomic E-state index is 0. The summed E-state index contributed by atoms with van der Waals surface area (Å²) in [7, 11) is 0. The quantitative estimate of drug-likeness (QED) is 0.229. The van der Waals surface area contributed by atoms with Crippen LogP contribution in [0.2, 0.25) is 0 Å². The van der Waals surface area contributed by atoms with Gasteiger partial charge in [-0.05, 0) is 34.3 Å². The van der Waals surface area contributed by atoms with Crippen molar-refractivity contribution in [1.29, 1.82) is 0 Å². The molecule has 2 aromatic heterocycles. The molecule has 3 aromatic carbocycles. The molecule has 0 fully saturated rings. The van der Waals surface area contributed by atoms with Gasteiger partial charge in [0.15, 0.2) is 0 Å². The molecule has 0 unspecified atom stereocenters. The third kappa shape index (κ3) is 2.62. The fourth-order valence-corrected chi connectivity index (χ4v) is 3.22. The van der Waals surface area contributed by atoms with Gasteiger partial charge in [-0.2, -0.15) is 12.1 Å². The largest absolute Gasteiger partial charge is 0.309 e. The second kappa shape index (κ2) is 6.36. The average Bonchev–Trinajstić information content (AvgIpc) is 2.67.